The minimum atomic E-state index is 0.873. The van der Waals surface area contributed by atoms with Crippen LogP contribution in [0.2, 0.25) is 0 Å². The topological polar surface area (TPSA) is 0 Å². The number of hydrogen-bond donors (Lipinski definition) is 0. The summed E-state index contributed by atoms with van der Waals surface area (Å²) in [6.45, 7) is 9.81. The van der Waals surface area contributed by atoms with Crippen LogP contribution >= 0.6 is 11.8 Å². The molecule has 0 aromatic heterocycles. The molecule has 4 rings (SSSR count). The third kappa shape index (κ3) is 1.80. The molecule has 4 bridgehead atoms. The first-order valence-corrected chi connectivity index (χ1v) is 10.3. The molecule has 0 aromatic carbocycles. The number of fused-ring (bicyclic) bond motifs is 9. The second-order valence-corrected chi connectivity index (χ2v) is 10.1. The van der Waals surface area contributed by atoms with Crippen molar-refractivity contribution in [1.29, 1.82) is 0 Å². The molecule has 0 N–H and O–H groups in total. The van der Waals surface area contributed by atoms with Gasteiger partial charge in [-0.05, 0) is 78.3 Å². The molecule has 4 fully saturated rings. The summed E-state index contributed by atoms with van der Waals surface area (Å²) in [6.07, 6.45) is 6.26. The average molecular weight is 293 g/mol. The van der Waals surface area contributed by atoms with Crippen LogP contribution in [0.15, 0.2) is 0 Å². The SMILES string of the molecule is CCC1C(C)C2CC1C1C3CC(SCC(C)C)C(C3)C21. The Morgan fingerprint density at radius 3 is 2.50 bits per heavy atom. The fourth-order valence-electron chi connectivity index (χ4n) is 7.17. The summed E-state index contributed by atoms with van der Waals surface area (Å²) in [5.74, 6) is 11.2. The predicted octanol–water partition coefficient (Wildman–Crippen LogP) is 5.33. The molecule has 0 aromatic rings. The Morgan fingerprint density at radius 2 is 1.80 bits per heavy atom. The summed E-state index contributed by atoms with van der Waals surface area (Å²) in [5.41, 5.74) is 0. The van der Waals surface area contributed by atoms with Gasteiger partial charge in [0.2, 0.25) is 0 Å². The first kappa shape index (κ1) is 14.0. The highest BCUT2D eigenvalue weighted by Gasteiger charge is 2.66. The van der Waals surface area contributed by atoms with Gasteiger partial charge in [0, 0.05) is 5.25 Å². The zero-order valence-electron chi connectivity index (χ0n) is 13.7. The van der Waals surface area contributed by atoms with E-state index < -0.39 is 0 Å². The van der Waals surface area contributed by atoms with Crippen molar-refractivity contribution in [2.75, 3.05) is 5.75 Å². The van der Waals surface area contributed by atoms with Crippen LogP contribution in [0.3, 0.4) is 0 Å². The van der Waals surface area contributed by atoms with Gasteiger partial charge in [0.1, 0.15) is 0 Å². The molecule has 0 saturated heterocycles. The standard InChI is InChI=1S/C19H32S/c1-5-13-11(4)14-8-15(13)18-12-6-16(19(14)18)17(7-12)20-9-10(2)3/h10-19H,5-9H2,1-4H3. The lowest BCUT2D eigenvalue weighted by Crippen LogP contribution is -2.40. The van der Waals surface area contributed by atoms with E-state index in [9.17, 15) is 0 Å². The van der Waals surface area contributed by atoms with Gasteiger partial charge in [-0.15, -0.1) is 0 Å². The third-order valence-electron chi connectivity index (χ3n) is 7.62. The van der Waals surface area contributed by atoms with E-state index in [2.05, 4.69) is 39.5 Å². The van der Waals surface area contributed by atoms with Gasteiger partial charge in [-0.25, -0.2) is 0 Å². The first-order valence-electron chi connectivity index (χ1n) is 9.23. The van der Waals surface area contributed by atoms with Crippen LogP contribution in [-0.2, 0) is 0 Å². The highest BCUT2D eigenvalue weighted by atomic mass is 32.2. The average Bonchev–Trinajstić information content (AvgIpc) is 3.12. The van der Waals surface area contributed by atoms with Crippen molar-refractivity contribution in [2.24, 2.45) is 53.3 Å². The van der Waals surface area contributed by atoms with Gasteiger partial charge in [-0.3, -0.25) is 0 Å². The molecule has 0 spiro atoms. The first-order chi connectivity index (χ1) is 9.61. The summed E-state index contributed by atoms with van der Waals surface area (Å²) in [4.78, 5) is 0. The molecule has 4 aliphatic carbocycles. The van der Waals surface area contributed by atoms with Crippen molar-refractivity contribution in [3.63, 3.8) is 0 Å². The van der Waals surface area contributed by atoms with E-state index in [-0.39, 0.29) is 0 Å². The van der Waals surface area contributed by atoms with Crippen molar-refractivity contribution >= 4 is 11.8 Å². The summed E-state index contributed by atoms with van der Waals surface area (Å²) < 4.78 is 0. The summed E-state index contributed by atoms with van der Waals surface area (Å²) in [6, 6.07) is 0. The molecule has 4 saturated carbocycles. The van der Waals surface area contributed by atoms with Gasteiger partial charge < -0.3 is 0 Å². The Kier molecular flexibility index (Phi) is 3.45. The molecule has 0 nitrogen and oxygen atoms in total. The predicted molar refractivity (Wildman–Crippen MR) is 88.8 cm³/mol. The van der Waals surface area contributed by atoms with Crippen LogP contribution in [0.1, 0.15) is 53.4 Å². The summed E-state index contributed by atoms with van der Waals surface area (Å²) >= 11 is 2.34. The fourth-order valence-corrected chi connectivity index (χ4v) is 8.73. The van der Waals surface area contributed by atoms with E-state index in [1.165, 1.54) is 18.1 Å². The molecule has 9 unspecified atom stereocenters. The van der Waals surface area contributed by atoms with Gasteiger partial charge in [0.25, 0.3) is 0 Å². The van der Waals surface area contributed by atoms with Gasteiger partial charge in [0.15, 0.2) is 0 Å². The molecule has 20 heavy (non-hydrogen) atoms. The lowest BCUT2D eigenvalue weighted by atomic mass is 9.63. The molecule has 4 aliphatic rings. The van der Waals surface area contributed by atoms with Crippen molar-refractivity contribution in [1.82, 2.24) is 0 Å². The van der Waals surface area contributed by atoms with Crippen LogP contribution in [0, 0.1) is 53.3 Å². The minimum Gasteiger partial charge on any atom is -0.158 e. The van der Waals surface area contributed by atoms with Crippen LogP contribution in [0.4, 0.5) is 0 Å². The monoisotopic (exact) mass is 292 g/mol. The Bertz CT molecular complexity index is 376. The maximum absolute atomic E-state index is 2.59. The van der Waals surface area contributed by atoms with Crippen LogP contribution in [0.5, 0.6) is 0 Å². The zero-order chi connectivity index (χ0) is 14.0. The molecule has 0 aliphatic heterocycles. The number of hydrogen-bond acceptors (Lipinski definition) is 1. The molecule has 0 amide bonds. The van der Waals surface area contributed by atoms with Gasteiger partial charge in [-0.1, -0.05) is 34.1 Å². The molecule has 0 heterocycles. The molecular formula is C19H32S. The lowest BCUT2D eigenvalue weighted by molar-refractivity contribution is 0.0641. The van der Waals surface area contributed by atoms with Crippen molar-refractivity contribution in [3.8, 4) is 0 Å². The second-order valence-electron chi connectivity index (χ2n) is 8.81. The van der Waals surface area contributed by atoms with E-state index in [4.69, 9.17) is 0 Å². The number of thioether (sulfide) groups is 1. The second kappa shape index (κ2) is 4.93. The highest BCUT2D eigenvalue weighted by Crippen LogP contribution is 2.71. The van der Waals surface area contributed by atoms with Crippen molar-refractivity contribution in [2.45, 2.75) is 58.6 Å². The normalized spacial score (nSPS) is 56.0. The highest BCUT2D eigenvalue weighted by molar-refractivity contribution is 7.99. The van der Waals surface area contributed by atoms with E-state index in [1.807, 2.05) is 0 Å². The van der Waals surface area contributed by atoms with E-state index in [1.54, 1.807) is 19.3 Å². The zero-order valence-corrected chi connectivity index (χ0v) is 14.5. The third-order valence-corrected chi connectivity index (χ3v) is 9.45. The largest absolute Gasteiger partial charge is 0.158 e. The Balaban J connectivity index is 1.50. The van der Waals surface area contributed by atoms with Crippen LogP contribution in [-0.4, -0.2) is 11.0 Å². The van der Waals surface area contributed by atoms with E-state index in [0.717, 1.165) is 52.6 Å². The Morgan fingerprint density at radius 1 is 1.00 bits per heavy atom. The lowest BCUT2D eigenvalue weighted by Gasteiger charge is -2.44. The Hall–Kier alpha value is 0.350. The maximum Gasteiger partial charge on any atom is 0.00811 e. The number of rotatable bonds is 4. The van der Waals surface area contributed by atoms with Crippen LogP contribution < -0.4 is 0 Å². The smallest absolute Gasteiger partial charge is 0.00811 e. The van der Waals surface area contributed by atoms with Crippen molar-refractivity contribution in [3.05, 3.63) is 0 Å². The summed E-state index contributed by atoms with van der Waals surface area (Å²) in [5, 5.41) is 1.04. The molecule has 114 valence electrons. The van der Waals surface area contributed by atoms with E-state index in [0.29, 0.717) is 0 Å². The van der Waals surface area contributed by atoms with Crippen LogP contribution in [0.25, 0.3) is 0 Å². The van der Waals surface area contributed by atoms with Gasteiger partial charge in [0.05, 0.1) is 0 Å². The minimum absolute atomic E-state index is 0.873. The maximum atomic E-state index is 2.59. The molecule has 1 heteroatoms. The molecule has 0 radical (unpaired) electrons. The Labute approximate surface area is 129 Å². The van der Waals surface area contributed by atoms with Gasteiger partial charge >= 0.3 is 0 Å². The molecular weight excluding hydrogens is 260 g/mol. The quantitative estimate of drug-likeness (QED) is 0.631. The van der Waals surface area contributed by atoms with Gasteiger partial charge in [-0.2, -0.15) is 11.8 Å². The summed E-state index contributed by atoms with van der Waals surface area (Å²) in [7, 11) is 0. The molecule has 9 atom stereocenters. The fraction of sp³-hybridized carbons (Fsp3) is 1.00. The van der Waals surface area contributed by atoms with Crippen molar-refractivity contribution < 1.29 is 0 Å². The van der Waals surface area contributed by atoms with E-state index >= 15 is 0 Å².